The molecule has 0 bridgehead atoms. The number of hydrogen-bond acceptors (Lipinski definition) is 9. The summed E-state index contributed by atoms with van der Waals surface area (Å²) in [5.41, 5.74) is 0.601. The molecule has 3 aromatic rings. The number of amides is 2. The zero-order valence-electron chi connectivity index (χ0n) is 16.8. The smallest absolute Gasteiger partial charge is 0.340 e. The SMILES string of the molecule is CS(=O)(=O)c1ccc(NC(=O)COC(=O)c2ccccc2NC(=O)Cn2cnnn2)cc1. The van der Waals surface area contributed by atoms with Gasteiger partial charge in [0.25, 0.3) is 5.91 Å². The van der Waals surface area contributed by atoms with Crippen LogP contribution in [0.2, 0.25) is 0 Å². The Hall–Kier alpha value is -4.13. The van der Waals surface area contributed by atoms with Crippen LogP contribution in [0.15, 0.2) is 59.8 Å². The van der Waals surface area contributed by atoms with Crippen LogP contribution >= 0.6 is 0 Å². The van der Waals surface area contributed by atoms with Crippen molar-refractivity contribution in [2.45, 2.75) is 11.4 Å². The highest BCUT2D eigenvalue weighted by atomic mass is 32.2. The Morgan fingerprint density at radius 2 is 1.72 bits per heavy atom. The minimum absolute atomic E-state index is 0.0582. The van der Waals surface area contributed by atoms with E-state index in [1.165, 1.54) is 47.4 Å². The Balaban J connectivity index is 1.56. The third kappa shape index (κ3) is 6.18. The van der Waals surface area contributed by atoms with Crippen LogP contribution in [-0.4, -0.2) is 59.3 Å². The van der Waals surface area contributed by atoms with E-state index < -0.39 is 34.2 Å². The number of carbonyl (C=O) groups excluding carboxylic acids is 3. The van der Waals surface area contributed by atoms with Gasteiger partial charge in [-0.05, 0) is 46.8 Å². The van der Waals surface area contributed by atoms with Crippen LogP contribution in [0, 0.1) is 0 Å². The molecule has 2 N–H and O–H groups in total. The largest absolute Gasteiger partial charge is 0.452 e. The van der Waals surface area contributed by atoms with E-state index in [1.807, 2.05) is 0 Å². The maximum Gasteiger partial charge on any atom is 0.340 e. The molecule has 0 saturated carbocycles. The van der Waals surface area contributed by atoms with E-state index in [2.05, 4.69) is 26.2 Å². The zero-order chi connectivity index (χ0) is 23.1. The van der Waals surface area contributed by atoms with Crippen LogP contribution in [-0.2, 0) is 30.7 Å². The van der Waals surface area contributed by atoms with Gasteiger partial charge in [0.2, 0.25) is 5.91 Å². The number of rotatable bonds is 8. The first-order valence-corrected chi connectivity index (χ1v) is 11.0. The molecule has 0 aliphatic rings. The predicted octanol–water partition coefficient (Wildman–Crippen LogP) is 0.511. The lowest BCUT2D eigenvalue weighted by Crippen LogP contribution is -2.23. The minimum atomic E-state index is -3.35. The zero-order valence-corrected chi connectivity index (χ0v) is 17.6. The second-order valence-electron chi connectivity index (χ2n) is 6.52. The molecule has 0 aliphatic carbocycles. The van der Waals surface area contributed by atoms with E-state index in [1.54, 1.807) is 12.1 Å². The lowest BCUT2D eigenvalue weighted by Gasteiger charge is -2.11. The fourth-order valence-electron chi connectivity index (χ4n) is 2.55. The Kier molecular flexibility index (Phi) is 6.90. The standard InChI is InChI=1S/C19H18N6O6S/c1-32(29,30)14-8-6-13(7-9-14)21-18(27)11-31-19(28)15-4-2-3-5-16(15)22-17(26)10-25-12-20-23-24-25/h2-9,12H,10-11H2,1H3,(H,21,27)(H,22,26). The van der Waals surface area contributed by atoms with Crippen LogP contribution < -0.4 is 10.6 Å². The van der Waals surface area contributed by atoms with Crippen molar-refractivity contribution >= 4 is 39.0 Å². The minimum Gasteiger partial charge on any atom is -0.452 e. The van der Waals surface area contributed by atoms with Crippen molar-refractivity contribution in [3.63, 3.8) is 0 Å². The molecule has 0 saturated heterocycles. The van der Waals surface area contributed by atoms with Crippen LogP contribution in [0.25, 0.3) is 0 Å². The Morgan fingerprint density at radius 1 is 1.00 bits per heavy atom. The number of hydrogen-bond donors (Lipinski definition) is 2. The van der Waals surface area contributed by atoms with Crippen molar-refractivity contribution in [3.8, 4) is 0 Å². The van der Waals surface area contributed by atoms with Crippen LogP contribution in [0.4, 0.5) is 11.4 Å². The number of nitrogens with zero attached hydrogens (tertiary/aromatic N) is 4. The Morgan fingerprint density at radius 3 is 2.38 bits per heavy atom. The number of carbonyl (C=O) groups is 3. The van der Waals surface area contributed by atoms with Crippen molar-refractivity contribution < 1.29 is 27.5 Å². The molecule has 0 spiro atoms. The quantitative estimate of drug-likeness (QED) is 0.458. The normalized spacial score (nSPS) is 10.9. The maximum absolute atomic E-state index is 12.4. The summed E-state index contributed by atoms with van der Waals surface area (Å²) in [6.45, 7) is -0.740. The molecule has 2 amide bonds. The van der Waals surface area contributed by atoms with Crippen LogP contribution in [0.3, 0.4) is 0 Å². The third-order valence-electron chi connectivity index (χ3n) is 4.02. The molecule has 3 rings (SSSR count). The highest BCUT2D eigenvalue weighted by molar-refractivity contribution is 7.90. The maximum atomic E-state index is 12.4. The van der Waals surface area contributed by atoms with Gasteiger partial charge in [-0.3, -0.25) is 9.59 Å². The number of tetrazole rings is 1. The summed E-state index contributed by atoms with van der Waals surface area (Å²) in [5.74, 6) is -1.90. The lowest BCUT2D eigenvalue weighted by molar-refractivity contribution is -0.119. The fraction of sp³-hybridized carbons (Fsp3) is 0.158. The van der Waals surface area contributed by atoms with Gasteiger partial charge in [-0.1, -0.05) is 12.1 Å². The van der Waals surface area contributed by atoms with Gasteiger partial charge in [0, 0.05) is 11.9 Å². The first kappa shape index (κ1) is 22.6. The second kappa shape index (κ2) is 9.78. The average Bonchev–Trinajstić information content (AvgIpc) is 3.25. The summed E-state index contributed by atoms with van der Waals surface area (Å²) in [7, 11) is -3.35. The molecule has 13 heteroatoms. The van der Waals surface area contributed by atoms with Crippen molar-refractivity contribution in [2.75, 3.05) is 23.5 Å². The van der Waals surface area contributed by atoms with E-state index in [0.29, 0.717) is 5.69 Å². The van der Waals surface area contributed by atoms with Gasteiger partial charge in [-0.2, -0.15) is 0 Å². The van der Waals surface area contributed by atoms with E-state index in [-0.39, 0.29) is 22.7 Å². The third-order valence-corrected chi connectivity index (χ3v) is 5.15. The molecule has 1 aromatic heterocycles. The average molecular weight is 458 g/mol. The van der Waals surface area contributed by atoms with Crippen molar-refractivity contribution in [2.24, 2.45) is 0 Å². The fourth-order valence-corrected chi connectivity index (χ4v) is 3.18. The summed E-state index contributed by atoms with van der Waals surface area (Å²) >= 11 is 0. The number of esters is 1. The summed E-state index contributed by atoms with van der Waals surface area (Å²) in [5, 5.41) is 15.5. The molecule has 0 radical (unpaired) electrons. The number of nitrogens with one attached hydrogen (secondary N) is 2. The van der Waals surface area contributed by atoms with Gasteiger partial charge in [-0.25, -0.2) is 17.9 Å². The molecule has 1 heterocycles. The second-order valence-corrected chi connectivity index (χ2v) is 8.54. The van der Waals surface area contributed by atoms with Crippen molar-refractivity contribution in [1.29, 1.82) is 0 Å². The molecule has 12 nitrogen and oxygen atoms in total. The summed E-state index contributed by atoms with van der Waals surface area (Å²) < 4.78 is 29.2. The highest BCUT2D eigenvalue weighted by Gasteiger charge is 2.16. The number of anilines is 2. The van der Waals surface area contributed by atoms with E-state index in [9.17, 15) is 22.8 Å². The van der Waals surface area contributed by atoms with Gasteiger partial charge < -0.3 is 15.4 Å². The summed E-state index contributed by atoms with van der Waals surface area (Å²) in [4.78, 5) is 36.7. The Bertz CT molecular complexity index is 1230. The number of sulfone groups is 1. The summed E-state index contributed by atoms with van der Waals surface area (Å²) in [6.07, 6.45) is 2.35. The first-order valence-electron chi connectivity index (χ1n) is 9.09. The number of ether oxygens (including phenoxy) is 1. The first-order chi connectivity index (χ1) is 15.2. The number of benzene rings is 2. The van der Waals surface area contributed by atoms with Crippen LogP contribution in [0.5, 0.6) is 0 Å². The highest BCUT2D eigenvalue weighted by Crippen LogP contribution is 2.17. The van der Waals surface area contributed by atoms with E-state index in [4.69, 9.17) is 4.74 Å². The molecule has 2 aromatic carbocycles. The molecule has 32 heavy (non-hydrogen) atoms. The van der Waals surface area contributed by atoms with Gasteiger partial charge in [0.15, 0.2) is 16.4 Å². The molecular weight excluding hydrogens is 440 g/mol. The molecule has 0 fully saturated rings. The molecule has 0 aliphatic heterocycles. The van der Waals surface area contributed by atoms with Gasteiger partial charge in [0.05, 0.1) is 16.1 Å². The Labute approximate surface area is 182 Å². The summed E-state index contributed by atoms with van der Waals surface area (Å²) in [6, 6.07) is 11.7. The number of aromatic nitrogens is 4. The van der Waals surface area contributed by atoms with Gasteiger partial charge in [0.1, 0.15) is 12.9 Å². The topological polar surface area (TPSA) is 162 Å². The molecule has 166 valence electrons. The predicted molar refractivity (Wildman–Crippen MR) is 111 cm³/mol. The van der Waals surface area contributed by atoms with E-state index in [0.717, 1.165) is 6.26 Å². The molecule has 0 unspecified atom stereocenters. The number of para-hydroxylation sites is 1. The lowest BCUT2D eigenvalue weighted by atomic mass is 10.2. The van der Waals surface area contributed by atoms with Crippen molar-refractivity contribution in [1.82, 2.24) is 20.2 Å². The van der Waals surface area contributed by atoms with Crippen molar-refractivity contribution in [3.05, 3.63) is 60.4 Å². The van der Waals surface area contributed by atoms with Gasteiger partial charge >= 0.3 is 5.97 Å². The molecular formula is C19H18N6O6S. The molecule has 0 atom stereocenters. The van der Waals surface area contributed by atoms with Crippen LogP contribution in [0.1, 0.15) is 10.4 Å². The monoisotopic (exact) mass is 458 g/mol. The van der Waals surface area contributed by atoms with Gasteiger partial charge in [-0.15, -0.1) is 5.10 Å². The van der Waals surface area contributed by atoms with E-state index >= 15 is 0 Å².